The number of unbranched alkanes of at least 4 members (excludes halogenated alkanes) is 1. The maximum absolute atomic E-state index is 12.9. The highest BCUT2D eigenvalue weighted by atomic mass is 35.5. The molecule has 0 spiro atoms. The van der Waals surface area contributed by atoms with Crippen molar-refractivity contribution in [2.24, 2.45) is 5.92 Å². The fourth-order valence-electron chi connectivity index (χ4n) is 6.36. The van der Waals surface area contributed by atoms with Gasteiger partial charge in [-0.2, -0.15) is 0 Å². The third-order valence-electron chi connectivity index (χ3n) is 9.14. The van der Waals surface area contributed by atoms with Crippen molar-refractivity contribution in [2.45, 2.75) is 57.8 Å². The number of carbonyl (C=O) groups is 2. The largest absolute Gasteiger partial charge is 0.483 e. The molecule has 11 nitrogen and oxygen atoms in total. The van der Waals surface area contributed by atoms with Crippen LogP contribution in [0.25, 0.3) is 22.1 Å². The van der Waals surface area contributed by atoms with Gasteiger partial charge in [-0.15, -0.1) is 0 Å². The number of anilines is 1. The van der Waals surface area contributed by atoms with E-state index in [0.29, 0.717) is 36.7 Å². The van der Waals surface area contributed by atoms with Crippen LogP contribution in [0, 0.1) is 5.92 Å². The van der Waals surface area contributed by atoms with Gasteiger partial charge in [0.05, 0.1) is 5.02 Å². The second kappa shape index (κ2) is 14.4. The predicted molar refractivity (Wildman–Crippen MR) is 173 cm³/mol. The van der Waals surface area contributed by atoms with Crippen LogP contribution in [0.2, 0.25) is 5.02 Å². The summed E-state index contributed by atoms with van der Waals surface area (Å²) in [7, 11) is 0. The van der Waals surface area contributed by atoms with Crippen LogP contribution in [-0.4, -0.2) is 76.7 Å². The van der Waals surface area contributed by atoms with Crippen molar-refractivity contribution in [3.8, 4) is 0 Å². The van der Waals surface area contributed by atoms with Gasteiger partial charge in [-0.05, 0) is 56.2 Å². The number of nitrogens with one attached hydrogen (secondary N) is 1. The minimum absolute atomic E-state index is 0.0141. The van der Waals surface area contributed by atoms with E-state index < -0.39 is 0 Å². The lowest BCUT2D eigenvalue weighted by Crippen LogP contribution is -2.51. The Kier molecular flexibility index (Phi) is 10.4. The fraction of sp³-hybridized carbons (Fsp3) is 0.485. The molecule has 2 N–H and O–H groups in total. The molecule has 2 aliphatic heterocycles. The molecule has 0 bridgehead atoms. The molecular weight excluding hydrogens is 598 g/mol. The molecule has 45 heavy (non-hydrogen) atoms. The first kappa shape index (κ1) is 32.4. The number of aryl methyl sites for hydroxylation is 1. The lowest BCUT2D eigenvalue weighted by molar-refractivity contribution is -0.139. The zero-order valence-electron chi connectivity index (χ0n) is 25.8. The minimum atomic E-state index is -0.349. The Morgan fingerprint density at radius 1 is 1.22 bits per heavy atom. The van der Waals surface area contributed by atoms with E-state index in [-0.39, 0.29) is 35.9 Å². The van der Waals surface area contributed by atoms with Gasteiger partial charge >= 0.3 is 0 Å². The predicted octanol–water partition coefficient (Wildman–Crippen LogP) is 5.18. The standard InChI is InChI=1S/C32H38ClN5O4.CH2O2/c1-21-19-38(15-12-32(21,2)24-17-22(33)18-34-31(24)40)27(39)20-41-16-8-5-11-26-35-28-23-9-3-4-10-25(23)42-29(28)30(36-26)37-13-6-7-14-37;2-1-3/h3-4,9-10,17-18,21H,5-8,11-16,19-20H2,1-2H3,(H,34,40);1H,(H,2,3)/t21?,32-;/m0./s1. The fourth-order valence-corrected chi connectivity index (χ4v) is 6.52. The number of carboxylic acid groups (broad SMARTS) is 1. The van der Waals surface area contributed by atoms with Crippen molar-refractivity contribution >= 4 is 51.9 Å². The van der Waals surface area contributed by atoms with E-state index in [4.69, 9.17) is 40.6 Å². The number of aromatic amines is 1. The van der Waals surface area contributed by atoms with Crippen LogP contribution in [0.3, 0.4) is 0 Å². The smallest absolute Gasteiger partial charge is 0.290 e. The summed E-state index contributed by atoms with van der Waals surface area (Å²) < 4.78 is 12.0. The van der Waals surface area contributed by atoms with Gasteiger partial charge in [0, 0.05) is 61.8 Å². The third-order valence-corrected chi connectivity index (χ3v) is 9.36. The molecule has 2 aliphatic rings. The number of rotatable bonds is 9. The first-order valence-electron chi connectivity index (χ1n) is 15.5. The molecule has 5 heterocycles. The number of H-pyrrole nitrogens is 1. The number of ether oxygens (including phenoxy) is 1. The van der Waals surface area contributed by atoms with Crippen LogP contribution in [0.1, 0.15) is 57.3 Å². The number of para-hydroxylation sites is 1. The monoisotopic (exact) mass is 637 g/mol. The zero-order chi connectivity index (χ0) is 32.0. The summed E-state index contributed by atoms with van der Waals surface area (Å²) in [6, 6.07) is 9.78. The van der Waals surface area contributed by atoms with Gasteiger partial charge in [-0.25, -0.2) is 9.97 Å². The number of aromatic nitrogens is 3. The van der Waals surface area contributed by atoms with E-state index in [1.165, 1.54) is 6.20 Å². The maximum Gasteiger partial charge on any atom is 0.290 e. The summed E-state index contributed by atoms with van der Waals surface area (Å²) in [6.45, 7) is 7.60. The van der Waals surface area contributed by atoms with Crippen molar-refractivity contribution in [3.05, 3.63) is 63.3 Å². The highest BCUT2D eigenvalue weighted by molar-refractivity contribution is 6.30. The number of fused-ring (bicyclic) bond motifs is 3. The van der Waals surface area contributed by atoms with Crippen LogP contribution in [-0.2, 0) is 26.2 Å². The topological polar surface area (TPSA) is 142 Å². The molecule has 240 valence electrons. The molecule has 12 heteroatoms. The molecule has 2 saturated heterocycles. The average molecular weight is 638 g/mol. The molecule has 0 aliphatic carbocycles. The summed E-state index contributed by atoms with van der Waals surface area (Å²) in [5.41, 5.74) is 2.71. The molecular formula is C33H40ClN5O6. The quantitative estimate of drug-likeness (QED) is 0.187. The molecule has 1 unspecified atom stereocenters. The number of nitrogens with zero attached hydrogens (tertiary/aromatic N) is 4. The number of pyridine rings is 1. The van der Waals surface area contributed by atoms with Crippen LogP contribution in [0.15, 0.2) is 45.7 Å². The van der Waals surface area contributed by atoms with E-state index in [1.54, 1.807) is 6.07 Å². The van der Waals surface area contributed by atoms with E-state index >= 15 is 0 Å². The highest BCUT2D eigenvalue weighted by Crippen LogP contribution is 2.38. The summed E-state index contributed by atoms with van der Waals surface area (Å²) in [5.74, 6) is 1.80. The lowest BCUT2D eigenvalue weighted by atomic mass is 9.68. The van der Waals surface area contributed by atoms with Crippen LogP contribution in [0.5, 0.6) is 0 Å². The van der Waals surface area contributed by atoms with E-state index in [1.807, 2.05) is 23.1 Å². The summed E-state index contributed by atoms with van der Waals surface area (Å²) >= 11 is 6.16. The molecule has 4 aromatic rings. The highest BCUT2D eigenvalue weighted by Gasteiger charge is 2.41. The number of furan rings is 1. The Balaban J connectivity index is 0.00000128. The van der Waals surface area contributed by atoms with E-state index in [9.17, 15) is 9.59 Å². The van der Waals surface area contributed by atoms with Crippen molar-refractivity contribution in [1.29, 1.82) is 0 Å². The lowest BCUT2D eigenvalue weighted by Gasteiger charge is -2.44. The minimum Gasteiger partial charge on any atom is -0.483 e. The number of benzene rings is 1. The number of halogens is 1. The van der Waals surface area contributed by atoms with Crippen molar-refractivity contribution in [3.63, 3.8) is 0 Å². The van der Waals surface area contributed by atoms with Crippen LogP contribution < -0.4 is 10.5 Å². The molecule has 3 aromatic heterocycles. The molecule has 2 atom stereocenters. The number of likely N-dealkylation sites (tertiary alicyclic amines) is 1. The summed E-state index contributed by atoms with van der Waals surface area (Å²) in [5, 5.41) is 8.42. The van der Waals surface area contributed by atoms with Gasteiger partial charge in [0.1, 0.15) is 23.5 Å². The van der Waals surface area contributed by atoms with Gasteiger partial charge in [0.2, 0.25) is 5.91 Å². The number of hydrogen-bond donors (Lipinski definition) is 2. The second-order valence-electron chi connectivity index (χ2n) is 12.0. The normalized spacial score (nSPS) is 19.9. The van der Waals surface area contributed by atoms with Gasteiger partial charge in [0.15, 0.2) is 11.4 Å². The van der Waals surface area contributed by atoms with Gasteiger partial charge in [-0.1, -0.05) is 37.6 Å². The molecule has 2 fully saturated rings. The Labute approximate surface area is 266 Å². The molecule has 0 radical (unpaired) electrons. The Morgan fingerprint density at radius 3 is 2.73 bits per heavy atom. The van der Waals surface area contributed by atoms with Gasteiger partial charge in [0.25, 0.3) is 12.0 Å². The van der Waals surface area contributed by atoms with Crippen molar-refractivity contribution in [2.75, 3.05) is 44.3 Å². The first-order chi connectivity index (χ1) is 21.7. The molecule has 6 rings (SSSR count). The summed E-state index contributed by atoms with van der Waals surface area (Å²) in [4.78, 5) is 50.5. The SMILES string of the molecule is CC1CN(C(=O)COCCCCc2nc(N3CCCC3)c3oc4ccccc4c3n2)CC[C@]1(C)c1cc(Cl)c[nH]c1=O.O=CO. The van der Waals surface area contributed by atoms with E-state index in [2.05, 4.69) is 29.8 Å². The average Bonchev–Trinajstić information content (AvgIpc) is 3.70. The van der Waals surface area contributed by atoms with Crippen molar-refractivity contribution < 1.29 is 23.8 Å². The van der Waals surface area contributed by atoms with Gasteiger partial charge in [-0.3, -0.25) is 14.4 Å². The Morgan fingerprint density at radius 2 is 1.98 bits per heavy atom. The molecule has 1 amide bonds. The summed E-state index contributed by atoms with van der Waals surface area (Å²) in [6.07, 6.45) is 6.94. The molecule has 0 saturated carbocycles. The third kappa shape index (κ3) is 7.15. The van der Waals surface area contributed by atoms with Gasteiger partial charge < -0.3 is 29.0 Å². The second-order valence-corrected chi connectivity index (χ2v) is 12.5. The van der Waals surface area contributed by atoms with Crippen LogP contribution >= 0.6 is 11.6 Å². The van der Waals surface area contributed by atoms with Crippen LogP contribution in [0.4, 0.5) is 5.82 Å². The Bertz CT molecular complexity index is 1700. The molecule has 1 aromatic carbocycles. The number of hydrogen-bond acceptors (Lipinski definition) is 8. The number of amides is 1. The van der Waals surface area contributed by atoms with E-state index in [0.717, 1.165) is 78.9 Å². The first-order valence-corrected chi connectivity index (χ1v) is 15.9. The maximum atomic E-state index is 12.9. The number of piperidine rings is 1. The Hall–Kier alpha value is -3.96. The zero-order valence-corrected chi connectivity index (χ0v) is 26.5. The van der Waals surface area contributed by atoms with Crippen molar-refractivity contribution in [1.82, 2.24) is 19.9 Å². The number of carbonyl (C=O) groups excluding carboxylic acids is 1.